The van der Waals surface area contributed by atoms with Crippen molar-refractivity contribution in [1.29, 1.82) is 0 Å². The second-order valence-electron chi connectivity index (χ2n) is 9.55. The maximum atomic E-state index is 13.3. The minimum atomic E-state index is -5.10. The molecule has 16 nitrogen and oxygen atoms in total. The van der Waals surface area contributed by atoms with Gasteiger partial charge in [-0.1, -0.05) is 18.2 Å². The average Bonchev–Trinajstić information content (AvgIpc) is 3.04. The van der Waals surface area contributed by atoms with Crippen LogP contribution in [0, 0.1) is 0 Å². The summed E-state index contributed by atoms with van der Waals surface area (Å²) in [6.45, 7) is 0. The summed E-state index contributed by atoms with van der Waals surface area (Å²) in [5.41, 5.74) is -0.390. The molecule has 0 bridgehead atoms. The summed E-state index contributed by atoms with van der Waals surface area (Å²) in [7, 11) is -9.88. The molecule has 0 unspecified atom stereocenters. The van der Waals surface area contributed by atoms with Gasteiger partial charge in [0.05, 0.1) is 50.1 Å². The SMILES string of the molecule is O=C(Nc1cc2ccc(S(=O)(=O)[O-])cc2cc1SOO[O-])c1cccc(C(=O)Nc2cc3ccc(SOO[O-])cc3cc2S(=O)(=O)[O-])c1.[Na+].[Na+].[Na+].[Na+]. The normalized spacial score (nSPS) is 11.0. The van der Waals surface area contributed by atoms with Crippen LogP contribution in [0.3, 0.4) is 0 Å². The fourth-order valence-corrected chi connectivity index (χ4v) is 6.52. The minimum absolute atomic E-state index is 0. The Morgan fingerprint density at radius 2 is 1.12 bits per heavy atom. The van der Waals surface area contributed by atoms with E-state index in [2.05, 4.69) is 29.4 Å². The molecule has 0 aliphatic rings. The predicted octanol–water partition coefficient (Wildman–Crippen LogP) is -9.22. The second-order valence-corrected chi connectivity index (χ2v) is 13.8. The van der Waals surface area contributed by atoms with Gasteiger partial charge in [0.1, 0.15) is 20.2 Å². The van der Waals surface area contributed by atoms with Gasteiger partial charge < -0.3 is 30.3 Å². The van der Waals surface area contributed by atoms with E-state index in [1.807, 2.05) is 0 Å². The molecule has 0 radical (unpaired) electrons. The Labute approximate surface area is 392 Å². The van der Waals surface area contributed by atoms with Gasteiger partial charge in [-0.2, -0.15) is 8.67 Å². The molecule has 2 N–H and O–H groups in total. The Bertz CT molecular complexity index is 2300. The smallest absolute Gasteiger partial charge is 0.744 e. The number of hydrogen-bond acceptors (Lipinski definition) is 16. The standard InChI is InChI=1S/C28H20N2O14S4.4Na/c31-27(29-23-11-16-5-7-22(47(35,36)37)10-20(16)13-25(23)46-44-42-34)17-2-1-3-18(8-17)28(32)30-24-12-15-4-6-21(45-43-41-33)9-19(15)14-26(24)48(38,39)40;;;;/h1-14,33-34H,(H,29,31)(H,30,32)(H,35,36,37)(H,38,39,40);;;;/q;4*+1/p-4. The van der Waals surface area contributed by atoms with Gasteiger partial charge in [-0.15, -0.1) is 0 Å². The molecule has 0 atom stereocenters. The quantitative estimate of drug-likeness (QED) is 0.0389. The van der Waals surface area contributed by atoms with Crippen molar-refractivity contribution in [2.24, 2.45) is 0 Å². The number of anilines is 2. The fourth-order valence-electron chi connectivity index (χ4n) is 4.48. The molecule has 0 spiro atoms. The second kappa shape index (κ2) is 22.0. The van der Waals surface area contributed by atoms with Gasteiger partial charge in [-0.25, -0.2) is 16.8 Å². The summed E-state index contributed by atoms with van der Waals surface area (Å²) in [5, 5.41) is 33.6. The van der Waals surface area contributed by atoms with Crippen LogP contribution in [0.5, 0.6) is 0 Å². The number of carbonyl (C=O) groups excluding carboxylic acids is 2. The molecule has 0 saturated heterocycles. The molecule has 24 heteroatoms. The van der Waals surface area contributed by atoms with Crippen molar-refractivity contribution < 1.29 is 183 Å². The van der Waals surface area contributed by atoms with Gasteiger partial charge in [-0.05, 0) is 88.3 Å². The third kappa shape index (κ3) is 12.9. The van der Waals surface area contributed by atoms with Crippen molar-refractivity contribution in [3.63, 3.8) is 0 Å². The summed E-state index contributed by atoms with van der Waals surface area (Å²) in [6.07, 6.45) is 0. The van der Waals surface area contributed by atoms with Gasteiger partial charge in [0.15, 0.2) is 0 Å². The van der Waals surface area contributed by atoms with Crippen molar-refractivity contribution in [1.82, 2.24) is 0 Å². The van der Waals surface area contributed by atoms with Crippen LogP contribution in [0.2, 0.25) is 0 Å². The minimum Gasteiger partial charge on any atom is -0.744 e. The van der Waals surface area contributed by atoms with E-state index >= 15 is 0 Å². The van der Waals surface area contributed by atoms with Gasteiger partial charge in [0, 0.05) is 16.0 Å². The third-order valence-electron chi connectivity index (χ3n) is 6.57. The van der Waals surface area contributed by atoms with Crippen LogP contribution in [0.25, 0.3) is 21.5 Å². The molecule has 0 aliphatic carbocycles. The first-order chi connectivity index (χ1) is 22.8. The predicted molar refractivity (Wildman–Crippen MR) is 162 cm³/mol. The van der Waals surface area contributed by atoms with E-state index in [-0.39, 0.29) is 156 Å². The molecule has 0 aromatic heterocycles. The molecular weight excluding hydrogens is 809 g/mol. The van der Waals surface area contributed by atoms with Crippen molar-refractivity contribution in [2.45, 2.75) is 19.6 Å². The van der Waals surface area contributed by atoms with E-state index in [1.165, 1.54) is 66.7 Å². The molecule has 0 heterocycles. The average molecular weight is 825 g/mol. The van der Waals surface area contributed by atoms with E-state index in [0.717, 1.165) is 18.2 Å². The van der Waals surface area contributed by atoms with E-state index in [9.17, 15) is 46.0 Å². The molecule has 0 saturated carbocycles. The number of carbonyl (C=O) groups is 2. The summed E-state index contributed by atoms with van der Waals surface area (Å²) in [6, 6.07) is 18.3. The van der Waals surface area contributed by atoms with Gasteiger partial charge in [-0.3, -0.25) is 19.7 Å². The number of fused-ring (bicyclic) bond motifs is 2. The Morgan fingerprint density at radius 3 is 1.69 bits per heavy atom. The number of rotatable bonds is 12. The molecule has 250 valence electrons. The van der Waals surface area contributed by atoms with Crippen molar-refractivity contribution in [2.75, 3.05) is 10.6 Å². The van der Waals surface area contributed by atoms with Crippen molar-refractivity contribution in [3.05, 3.63) is 96.1 Å². The van der Waals surface area contributed by atoms with Crippen LogP contribution in [0.1, 0.15) is 20.7 Å². The Hall–Kier alpha value is -0.160. The molecule has 0 aliphatic heterocycles. The van der Waals surface area contributed by atoms with E-state index < -0.39 is 41.8 Å². The van der Waals surface area contributed by atoms with Crippen molar-refractivity contribution >= 4 is 89.1 Å². The molecule has 2 amide bonds. The molecule has 5 aromatic rings. The molecule has 52 heavy (non-hydrogen) atoms. The molecule has 0 fully saturated rings. The van der Waals surface area contributed by atoms with E-state index in [1.54, 1.807) is 0 Å². The zero-order chi connectivity index (χ0) is 34.6. The monoisotopic (exact) mass is 824 g/mol. The van der Waals surface area contributed by atoms with Gasteiger partial charge in [0.2, 0.25) is 0 Å². The van der Waals surface area contributed by atoms with Crippen LogP contribution in [0.4, 0.5) is 11.4 Å². The fraction of sp³-hybridized carbons (Fsp3) is 0. The molecule has 5 aromatic carbocycles. The first-order valence-electron chi connectivity index (χ1n) is 12.8. The van der Waals surface area contributed by atoms with Gasteiger partial charge >= 0.3 is 118 Å². The largest absolute Gasteiger partial charge is 1.00 e. The van der Waals surface area contributed by atoms with Crippen LogP contribution in [-0.2, 0) is 39.0 Å². The summed E-state index contributed by atoms with van der Waals surface area (Å²) >= 11 is 0.938. The molecule has 5 rings (SSSR count). The first-order valence-corrected chi connectivity index (χ1v) is 17.1. The van der Waals surface area contributed by atoms with Crippen LogP contribution < -0.4 is 139 Å². The number of nitrogens with one attached hydrogen (secondary N) is 2. The van der Waals surface area contributed by atoms with Gasteiger partial charge in [0.25, 0.3) is 11.8 Å². The maximum absolute atomic E-state index is 13.3. The zero-order valence-corrected chi connectivity index (χ0v) is 38.7. The molecular formula is C28H16N2Na4O14S4. The summed E-state index contributed by atoms with van der Waals surface area (Å²) in [5.74, 6) is -1.62. The number of amides is 2. The van der Waals surface area contributed by atoms with Crippen LogP contribution >= 0.6 is 24.1 Å². The van der Waals surface area contributed by atoms with Crippen LogP contribution in [0.15, 0.2) is 105 Å². The number of hydrogen-bond donors (Lipinski definition) is 2. The summed E-state index contributed by atoms with van der Waals surface area (Å²) < 4.78 is 79.2. The summed E-state index contributed by atoms with van der Waals surface area (Å²) in [4.78, 5) is 25.7. The first kappa shape index (κ1) is 49.9. The Kier molecular flexibility index (Phi) is 21.1. The topological polar surface area (TPSA) is 256 Å². The van der Waals surface area contributed by atoms with Crippen molar-refractivity contribution in [3.8, 4) is 0 Å². The zero-order valence-electron chi connectivity index (χ0n) is 27.4. The van der Waals surface area contributed by atoms with E-state index in [0.29, 0.717) is 39.8 Å². The Morgan fingerprint density at radius 1 is 0.577 bits per heavy atom. The van der Waals surface area contributed by atoms with Crippen LogP contribution in [-0.4, -0.2) is 37.8 Å². The Balaban J connectivity index is 0.00000338. The third-order valence-corrected chi connectivity index (χ3v) is 9.49. The maximum Gasteiger partial charge on any atom is 1.00 e. The number of benzene rings is 5. The van der Waals surface area contributed by atoms with E-state index in [4.69, 9.17) is 0 Å².